The number of hydrogen-bond donors (Lipinski definition) is 2. The van der Waals surface area contributed by atoms with E-state index in [-0.39, 0.29) is 11.9 Å². The molecule has 0 saturated heterocycles. The minimum atomic E-state index is -0.294. The van der Waals surface area contributed by atoms with E-state index in [1.54, 1.807) is 24.5 Å². The number of aryl methyl sites for hydroxylation is 2. The van der Waals surface area contributed by atoms with Gasteiger partial charge in [0.15, 0.2) is 0 Å². The summed E-state index contributed by atoms with van der Waals surface area (Å²) < 4.78 is 1.92. The Balaban J connectivity index is 1.99. The lowest BCUT2D eigenvalue weighted by Crippen LogP contribution is -2.31. The molecular weight excluding hydrogens is 276 g/mol. The minimum Gasteiger partial charge on any atom is -0.357 e. The van der Waals surface area contributed by atoms with Gasteiger partial charge in [-0.2, -0.15) is 0 Å². The maximum Gasteiger partial charge on any atom is 0.268 e. The van der Waals surface area contributed by atoms with Crippen molar-refractivity contribution in [2.75, 3.05) is 0 Å². The quantitative estimate of drug-likeness (QED) is 0.777. The zero-order chi connectivity index (χ0) is 15.5. The fourth-order valence-electron chi connectivity index (χ4n) is 2.53. The van der Waals surface area contributed by atoms with Crippen molar-refractivity contribution in [2.45, 2.75) is 13.0 Å². The van der Waals surface area contributed by atoms with Crippen molar-refractivity contribution < 1.29 is 4.79 Å². The Bertz CT molecular complexity index is 774. The van der Waals surface area contributed by atoms with Crippen LogP contribution in [-0.4, -0.2) is 20.4 Å². The number of aromatic amines is 1. The number of carbonyl (C=O) groups excluding carboxylic acids is 1. The lowest BCUT2D eigenvalue weighted by Gasteiger charge is -2.20. The first-order valence-corrected chi connectivity index (χ1v) is 7.14. The molecule has 0 radical (unpaired) electrons. The molecule has 22 heavy (non-hydrogen) atoms. The Hall–Kier alpha value is -2.82. The lowest BCUT2D eigenvalue weighted by atomic mass is 10.0. The Kier molecular flexibility index (Phi) is 3.78. The van der Waals surface area contributed by atoms with Crippen LogP contribution >= 0.6 is 0 Å². The van der Waals surface area contributed by atoms with Gasteiger partial charge >= 0.3 is 0 Å². The van der Waals surface area contributed by atoms with Crippen LogP contribution in [0.25, 0.3) is 0 Å². The van der Waals surface area contributed by atoms with Gasteiger partial charge in [0.05, 0.1) is 0 Å². The van der Waals surface area contributed by atoms with Gasteiger partial charge in [-0.3, -0.25) is 4.79 Å². The molecule has 5 nitrogen and oxygen atoms in total. The molecule has 0 bridgehead atoms. The molecule has 0 aliphatic carbocycles. The van der Waals surface area contributed by atoms with Crippen LogP contribution in [0.15, 0.2) is 55.0 Å². The molecule has 0 aliphatic heterocycles. The highest BCUT2D eigenvalue weighted by molar-refractivity contribution is 5.92. The SMILES string of the molecule is Cc1ccccc1C(NC(=O)c1ccc[nH]1)c1nccn1C. The van der Waals surface area contributed by atoms with Crippen LogP contribution in [0.2, 0.25) is 0 Å². The standard InChI is InChI=1S/C17H18N4O/c1-12-6-3-4-7-13(12)15(16-19-10-11-21(16)2)20-17(22)14-8-5-9-18-14/h3-11,15,18H,1-2H3,(H,20,22). The van der Waals surface area contributed by atoms with Crippen molar-refractivity contribution in [3.63, 3.8) is 0 Å². The smallest absolute Gasteiger partial charge is 0.268 e. The van der Waals surface area contributed by atoms with E-state index in [9.17, 15) is 4.79 Å². The number of benzene rings is 1. The number of carbonyl (C=O) groups is 1. The van der Waals surface area contributed by atoms with E-state index < -0.39 is 0 Å². The van der Waals surface area contributed by atoms with E-state index in [4.69, 9.17) is 0 Å². The normalized spacial score (nSPS) is 12.1. The van der Waals surface area contributed by atoms with Crippen molar-refractivity contribution in [2.24, 2.45) is 7.05 Å². The third kappa shape index (κ3) is 2.65. The van der Waals surface area contributed by atoms with E-state index in [1.807, 2.05) is 49.0 Å². The molecule has 1 atom stereocenters. The number of rotatable bonds is 4. The monoisotopic (exact) mass is 294 g/mol. The Labute approximate surface area is 129 Å². The molecule has 3 aromatic rings. The molecule has 0 spiro atoms. The van der Waals surface area contributed by atoms with Crippen LogP contribution in [-0.2, 0) is 7.05 Å². The van der Waals surface area contributed by atoms with Gasteiger partial charge in [0, 0.05) is 25.6 Å². The van der Waals surface area contributed by atoms with E-state index in [1.165, 1.54) is 0 Å². The predicted octanol–water partition coefficient (Wildman–Crippen LogP) is 2.58. The third-order valence-electron chi connectivity index (χ3n) is 3.73. The van der Waals surface area contributed by atoms with Gasteiger partial charge in [0.25, 0.3) is 5.91 Å². The Morgan fingerprint density at radius 2 is 2.09 bits per heavy atom. The van der Waals surface area contributed by atoms with Crippen LogP contribution in [0, 0.1) is 6.92 Å². The van der Waals surface area contributed by atoms with Gasteiger partial charge < -0.3 is 14.9 Å². The van der Waals surface area contributed by atoms with Crippen molar-refractivity contribution in [3.8, 4) is 0 Å². The summed E-state index contributed by atoms with van der Waals surface area (Å²) in [6.45, 7) is 2.03. The first kappa shape index (κ1) is 14.1. The molecule has 0 aliphatic rings. The number of nitrogens with zero attached hydrogens (tertiary/aromatic N) is 2. The summed E-state index contributed by atoms with van der Waals surface area (Å²) in [5, 5.41) is 3.07. The first-order valence-electron chi connectivity index (χ1n) is 7.14. The number of hydrogen-bond acceptors (Lipinski definition) is 2. The number of H-pyrrole nitrogens is 1. The van der Waals surface area contributed by atoms with E-state index in [2.05, 4.69) is 15.3 Å². The molecule has 5 heteroatoms. The molecule has 1 amide bonds. The Morgan fingerprint density at radius 3 is 2.73 bits per heavy atom. The van der Waals surface area contributed by atoms with Crippen molar-refractivity contribution in [3.05, 3.63) is 77.6 Å². The maximum absolute atomic E-state index is 12.4. The van der Waals surface area contributed by atoms with Crippen LogP contribution in [0.5, 0.6) is 0 Å². The molecule has 2 N–H and O–H groups in total. The second-order valence-corrected chi connectivity index (χ2v) is 5.24. The molecule has 0 saturated carbocycles. The van der Waals surface area contributed by atoms with Crippen LogP contribution in [0.4, 0.5) is 0 Å². The fraction of sp³-hybridized carbons (Fsp3) is 0.176. The van der Waals surface area contributed by atoms with E-state index in [0.29, 0.717) is 5.69 Å². The summed E-state index contributed by atoms with van der Waals surface area (Å²) in [5.41, 5.74) is 2.69. The van der Waals surface area contributed by atoms with Crippen LogP contribution < -0.4 is 5.32 Å². The highest BCUT2D eigenvalue weighted by Crippen LogP contribution is 2.23. The number of imidazole rings is 1. The summed E-state index contributed by atoms with van der Waals surface area (Å²) in [6, 6.07) is 11.3. The predicted molar refractivity (Wildman–Crippen MR) is 84.5 cm³/mol. The molecule has 0 fully saturated rings. The Morgan fingerprint density at radius 1 is 1.27 bits per heavy atom. The minimum absolute atomic E-state index is 0.152. The second kappa shape index (κ2) is 5.89. The van der Waals surface area contributed by atoms with Crippen LogP contribution in [0.3, 0.4) is 0 Å². The molecular formula is C17H18N4O. The molecule has 1 aromatic carbocycles. The van der Waals surface area contributed by atoms with Gasteiger partial charge in [0.1, 0.15) is 17.6 Å². The highest BCUT2D eigenvalue weighted by atomic mass is 16.1. The van der Waals surface area contributed by atoms with Crippen molar-refractivity contribution in [1.82, 2.24) is 19.9 Å². The first-order chi connectivity index (χ1) is 10.7. The summed E-state index contributed by atoms with van der Waals surface area (Å²) in [4.78, 5) is 19.8. The summed E-state index contributed by atoms with van der Waals surface area (Å²) in [6.07, 6.45) is 5.35. The van der Waals surface area contributed by atoms with Crippen molar-refractivity contribution in [1.29, 1.82) is 0 Å². The molecule has 2 heterocycles. The average molecular weight is 294 g/mol. The van der Waals surface area contributed by atoms with Gasteiger partial charge in [-0.1, -0.05) is 24.3 Å². The van der Waals surface area contributed by atoms with Gasteiger partial charge in [-0.05, 0) is 30.2 Å². The van der Waals surface area contributed by atoms with Gasteiger partial charge in [-0.15, -0.1) is 0 Å². The number of aromatic nitrogens is 3. The zero-order valence-electron chi connectivity index (χ0n) is 12.6. The highest BCUT2D eigenvalue weighted by Gasteiger charge is 2.22. The zero-order valence-corrected chi connectivity index (χ0v) is 12.6. The molecule has 112 valence electrons. The number of nitrogens with one attached hydrogen (secondary N) is 2. The van der Waals surface area contributed by atoms with Gasteiger partial charge in [0.2, 0.25) is 0 Å². The summed E-state index contributed by atoms with van der Waals surface area (Å²) in [5.74, 6) is 0.649. The lowest BCUT2D eigenvalue weighted by molar-refractivity contribution is 0.0936. The van der Waals surface area contributed by atoms with E-state index in [0.717, 1.165) is 17.0 Å². The second-order valence-electron chi connectivity index (χ2n) is 5.24. The van der Waals surface area contributed by atoms with Crippen LogP contribution in [0.1, 0.15) is 33.5 Å². The third-order valence-corrected chi connectivity index (χ3v) is 3.73. The topological polar surface area (TPSA) is 62.7 Å². The fourth-order valence-corrected chi connectivity index (χ4v) is 2.53. The number of amides is 1. The summed E-state index contributed by atoms with van der Waals surface area (Å²) >= 11 is 0. The van der Waals surface area contributed by atoms with Gasteiger partial charge in [-0.25, -0.2) is 4.98 Å². The largest absolute Gasteiger partial charge is 0.357 e. The molecule has 3 rings (SSSR count). The maximum atomic E-state index is 12.4. The molecule has 1 unspecified atom stereocenters. The molecule has 2 aromatic heterocycles. The summed E-state index contributed by atoms with van der Waals surface area (Å²) in [7, 11) is 1.93. The van der Waals surface area contributed by atoms with Crippen molar-refractivity contribution >= 4 is 5.91 Å². The van der Waals surface area contributed by atoms with E-state index >= 15 is 0 Å². The average Bonchev–Trinajstić information content (AvgIpc) is 3.17.